The molecule has 2 aromatic rings. The van der Waals surface area contributed by atoms with Crippen molar-refractivity contribution in [3.05, 3.63) is 53.6 Å². The molecule has 0 saturated heterocycles. The van der Waals surface area contributed by atoms with E-state index in [1.165, 1.54) is 22.3 Å². The zero-order valence-electron chi connectivity index (χ0n) is 17.0. The van der Waals surface area contributed by atoms with Crippen molar-refractivity contribution in [3.8, 4) is 11.1 Å². The van der Waals surface area contributed by atoms with Gasteiger partial charge in [-0.2, -0.15) is 0 Å². The van der Waals surface area contributed by atoms with Crippen molar-refractivity contribution >= 4 is 11.6 Å². The van der Waals surface area contributed by atoms with Crippen molar-refractivity contribution in [2.24, 2.45) is 0 Å². The summed E-state index contributed by atoms with van der Waals surface area (Å²) in [7, 11) is 1.96. The monoisotopic (exact) mass is 365 g/mol. The lowest BCUT2D eigenvalue weighted by molar-refractivity contribution is -0.117. The molecule has 144 valence electrons. The first-order valence-electron chi connectivity index (χ1n) is 9.84. The Bertz CT molecular complexity index is 798. The van der Waals surface area contributed by atoms with Crippen LogP contribution in [0, 0.1) is 0 Å². The van der Waals surface area contributed by atoms with E-state index in [9.17, 15) is 4.79 Å². The number of nitrogens with zero attached hydrogens (tertiary/aromatic N) is 1. The van der Waals surface area contributed by atoms with E-state index in [2.05, 4.69) is 73.9 Å². The maximum atomic E-state index is 12.3. The van der Waals surface area contributed by atoms with Crippen molar-refractivity contribution in [2.45, 2.75) is 58.8 Å². The second kappa shape index (κ2) is 8.24. The molecule has 0 aromatic heterocycles. The summed E-state index contributed by atoms with van der Waals surface area (Å²) in [5, 5.41) is 6.87. The molecule has 2 atom stereocenters. The van der Waals surface area contributed by atoms with Gasteiger partial charge in [-0.25, -0.2) is 0 Å². The van der Waals surface area contributed by atoms with Gasteiger partial charge in [0.15, 0.2) is 0 Å². The van der Waals surface area contributed by atoms with Crippen LogP contribution < -0.4 is 15.5 Å². The summed E-state index contributed by atoms with van der Waals surface area (Å²) in [5.41, 5.74) is 5.92. The van der Waals surface area contributed by atoms with Gasteiger partial charge in [0.25, 0.3) is 0 Å². The highest BCUT2D eigenvalue weighted by atomic mass is 16.2. The predicted octanol–water partition coefficient (Wildman–Crippen LogP) is 4.26. The van der Waals surface area contributed by atoms with E-state index < -0.39 is 0 Å². The molecule has 0 bridgehead atoms. The van der Waals surface area contributed by atoms with Crippen molar-refractivity contribution in [3.63, 3.8) is 0 Å². The highest BCUT2D eigenvalue weighted by Gasteiger charge is 2.32. The number of nitrogens with one attached hydrogen (secondary N) is 2. The minimum Gasteiger partial charge on any atom is -0.316 e. The van der Waals surface area contributed by atoms with E-state index in [1.54, 1.807) is 6.92 Å². The lowest BCUT2D eigenvalue weighted by Gasteiger charge is -2.40. The Hall–Kier alpha value is -2.17. The molecule has 2 unspecified atom stereocenters. The zero-order valence-corrected chi connectivity index (χ0v) is 17.0. The molecule has 0 fully saturated rings. The summed E-state index contributed by atoms with van der Waals surface area (Å²) in [6.45, 7) is 9.01. The third-order valence-electron chi connectivity index (χ3n) is 5.22. The average Bonchev–Trinajstić information content (AvgIpc) is 2.61. The quantitative estimate of drug-likeness (QED) is 0.832. The predicted molar refractivity (Wildman–Crippen MR) is 113 cm³/mol. The fraction of sp³-hybridized carbons (Fsp3) is 0.435. The van der Waals surface area contributed by atoms with Gasteiger partial charge in [0.1, 0.15) is 0 Å². The standard InChI is InChI=1S/C23H31N3O/c1-15(2)25-22-12-16(3)26(17(4)27)23-11-10-20(13-21(22)23)19-8-6-18(7-9-19)14-24-5/h6-11,13,15-16,22,24-25H,12,14H2,1-5H3. The fourth-order valence-electron chi connectivity index (χ4n) is 4.10. The van der Waals surface area contributed by atoms with E-state index in [-0.39, 0.29) is 18.0 Å². The molecule has 2 N–H and O–H groups in total. The van der Waals surface area contributed by atoms with Crippen molar-refractivity contribution in [2.75, 3.05) is 11.9 Å². The molecule has 0 spiro atoms. The smallest absolute Gasteiger partial charge is 0.224 e. The van der Waals surface area contributed by atoms with Gasteiger partial charge >= 0.3 is 0 Å². The van der Waals surface area contributed by atoms with Crippen LogP contribution in [-0.2, 0) is 11.3 Å². The molecular formula is C23H31N3O. The van der Waals surface area contributed by atoms with Crippen LogP contribution >= 0.6 is 0 Å². The Kier molecular flexibility index (Phi) is 5.98. The van der Waals surface area contributed by atoms with Crippen LogP contribution in [0.2, 0.25) is 0 Å². The lowest BCUT2D eigenvalue weighted by atomic mass is 9.88. The molecule has 4 nitrogen and oxygen atoms in total. The van der Waals surface area contributed by atoms with Gasteiger partial charge in [-0.15, -0.1) is 0 Å². The Morgan fingerprint density at radius 1 is 1.15 bits per heavy atom. The first-order chi connectivity index (χ1) is 12.9. The SMILES string of the molecule is CNCc1ccc(-c2ccc3c(c2)C(NC(C)C)CC(C)N3C(C)=O)cc1. The maximum absolute atomic E-state index is 12.3. The zero-order chi connectivity index (χ0) is 19.6. The first-order valence-corrected chi connectivity index (χ1v) is 9.84. The number of benzene rings is 2. The average molecular weight is 366 g/mol. The van der Waals surface area contributed by atoms with Gasteiger partial charge in [0.05, 0.1) is 0 Å². The van der Waals surface area contributed by atoms with Gasteiger partial charge < -0.3 is 15.5 Å². The van der Waals surface area contributed by atoms with Crippen molar-refractivity contribution < 1.29 is 4.79 Å². The molecule has 1 aliphatic heterocycles. The van der Waals surface area contributed by atoms with Crippen LogP contribution in [0.15, 0.2) is 42.5 Å². The van der Waals surface area contributed by atoms with Crippen LogP contribution in [0.5, 0.6) is 0 Å². The number of carbonyl (C=O) groups is 1. The molecule has 3 rings (SSSR count). The number of rotatable bonds is 5. The van der Waals surface area contributed by atoms with E-state index in [0.717, 1.165) is 18.7 Å². The number of fused-ring (bicyclic) bond motifs is 1. The largest absolute Gasteiger partial charge is 0.316 e. The van der Waals surface area contributed by atoms with Gasteiger partial charge in [0, 0.05) is 37.3 Å². The Balaban J connectivity index is 2.01. The van der Waals surface area contributed by atoms with E-state index >= 15 is 0 Å². The lowest BCUT2D eigenvalue weighted by Crippen LogP contribution is -2.45. The third kappa shape index (κ3) is 4.23. The molecule has 4 heteroatoms. The molecule has 27 heavy (non-hydrogen) atoms. The molecule has 2 aromatic carbocycles. The van der Waals surface area contributed by atoms with Gasteiger partial charge in [-0.1, -0.05) is 44.2 Å². The number of anilines is 1. The summed E-state index contributed by atoms with van der Waals surface area (Å²) < 4.78 is 0. The maximum Gasteiger partial charge on any atom is 0.224 e. The fourth-order valence-corrected chi connectivity index (χ4v) is 4.10. The van der Waals surface area contributed by atoms with Crippen LogP contribution in [0.4, 0.5) is 5.69 Å². The molecule has 0 saturated carbocycles. The van der Waals surface area contributed by atoms with Gasteiger partial charge in [-0.3, -0.25) is 4.79 Å². The molecule has 1 aliphatic rings. The van der Waals surface area contributed by atoms with Gasteiger partial charge in [0.2, 0.25) is 5.91 Å². The Morgan fingerprint density at radius 2 is 1.81 bits per heavy atom. The third-order valence-corrected chi connectivity index (χ3v) is 5.22. The van der Waals surface area contributed by atoms with Crippen molar-refractivity contribution in [1.82, 2.24) is 10.6 Å². The minimum absolute atomic E-state index is 0.107. The molecule has 1 amide bonds. The van der Waals surface area contributed by atoms with Crippen LogP contribution in [0.25, 0.3) is 11.1 Å². The topological polar surface area (TPSA) is 44.4 Å². The van der Waals surface area contributed by atoms with Crippen molar-refractivity contribution in [1.29, 1.82) is 0 Å². The summed E-state index contributed by atoms with van der Waals surface area (Å²) in [5.74, 6) is 0.107. The summed E-state index contributed by atoms with van der Waals surface area (Å²) in [4.78, 5) is 14.2. The molecular weight excluding hydrogens is 334 g/mol. The Labute approximate surface area is 163 Å². The highest BCUT2D eigenvalue weighted by Crippen LogP contribution is 2.39. The highest BCUT2D eigenvalue weighted by molar-refractivity contribution is 5.94. The van der Waals surface area contributed by atoms with E-state index in [1.807, 2.05) is 11.9 Å². The Morgan fingerprint density at radius 3 is 2.41 bits per heavy atom. The van der Waals surface area contributed by atoms with Crippen LogP contribution in [0.1, 0.15) is 51.3 Å². The second-order valence-electron chi connectivity index (χ2n) is 7.85. The minimum atomic E-state index is 0.107. The number of hydrogen-bond acceptors (Lipinski definition) is 3. The summed E-state index contributed by atoms with van der Waals surface area (Å²) >= 11 is 0. The van der Waals surface area contributed by atoms with Crippen LogP contribution in [0.3, 0.4) is 0 Å². The van der Waals surface area contributed by atoms with Crippen LogP contribution in [-0.4, -0.2) is 25.0 Å². The normalized spacial score (nSPS) is 19.3. The second-order valence-corrected chi connectivity index (χ2v) is 7.85. The van der Waals surface area contributed by atoms with Gasteiger partial charge in [-0.05, 0) is 54.8 Å². The van der Waals surface area contributed by atoms with E-state index in [4.69, 9.17) is 0 Å². The summed E-state index contributed by atoms with van der Waals surface area (Å²) in [6, 6.07) is 16.0. The molecule has 0 aliphatic carbocycles. The number of hydrogen-bond donors (Lipinski definition) is 2. The van der Waals surface area contributed by atoms with E-state index in [0.29, 0.717) is 6.04 Å². The number of carbonyl (C=O) groups excluding carboxylic acids is 1. The molecule has 0 radical (unpaired) electrons. The first kappa shape index (κ1) is 19.6. The summed E-state index contributed by atoms with van der Waals surface area (Å²) in [6.07, 6.45) is 0.926. The number of amides is 1. The molecule has 1 heterocycles.